The van der Waals surface area contributed by atoms with E-state index in [4.69, 9.17) is 23.2 Å². The lowest BCUT2D eigenvalue weighted by molar-refractivity contribution is -0.140. The first-order chi connectivity index (χ1) is 16.3. The van der Waals surface area contributed by atoms with E-state index in [9.17, 15) is 18.0 Å². The predicted octanol–water partition coefficient (Wildman–Crippen LogP) is 5.10. The topological polar surface area (TPSA) is 86.8 Å². The molecule has 0 saturated carbocycles. The normalized spacial score (nSPS) is 12.3. The summed E-state index contributed by atoms with van der Waals surface area (Å²) in [5.74, 6) is -0.667. The molecule has 0 unspecified atom stereocenters. The number of halogens is 3. The fraction of sp³-hybridized carbons (Fsp3) is 0.417. The van der Waals surface area contributed by atoms with E-state index in [0.717, 1.165) is 10.6 Å². The number of carbonyl (C=O) groups excluding carboxylic acids is 2. The maximum atomic E-state index is 13.7. The first-order valence-corrected chi connectivity index (χ1v) is 14.5. The molecule has 0 aliphatic rings. The minimum Gasteiger partial charge on any atom is -0.354 e. The van der Waals surface area contributed by atoms with Crippen molar-refractivity contribution in [3.8, 4) is 0 Å². The Hall–Kier alpha value is -1.81. The number of nitrogens with zero attached hydrogens (tertiary/aromatic N) is 2. The number of hydrogen-bond acceptors (Lipinski definition) is 4. The Morgan fingerprint density at radius 1 is 1.09 bits per heavy atom. The molecule has 0 aliphatic carbocycles. The van der Waals surface area contributed by atoms with E-state index in [1.807, 2.05) is 13.8 Å². The highest BCUT2D eigenvalue weighted by Crippen LogP contribution is 2.28. The summed E-state index contributed by atoms with van der Waals surface area (Å²) < 4.78 is 27.0. The van der Waals surface area contributed by atoms with Crippen LogP contribution in [0.4, 0.5) is 5.69 Å². The third kappa shape index (κ3) is 8.37. The molecule has 192 valence electrons. The third-order valence-corrected chi connectivity index (χ3v) is 7.58. The average molecular weight is 607 g/mol. The van der Waals surface area contributed by atoms with Crippen LogP contribution in [0.2, 0.25) is 10.0 Å². The van der Waals surface area contributed by atoms with Gasteiger partial charge in [0.25, 0.3) is 0 Å². The Morgan fingerprint density at radius 3 is 2.20 bits per heavy atom. The molecular formula is C24H30BrCl2N3O4S. The molecule has 0 spiro atoms. The monoisotopic (exact) mass is 605 g/mol. The minimum atomic E-state index is -3.81. The second-order valence-corrected chi connectivity index (χ2v) is 12.2. The van der Waals surface area contributed by atoms with E-state index in [0.29, 0.717) is 38.7 Å². The van der Waals surface area contributed by atoms with Crippen molar-refractivity contribution in [2.24, 2.45) is 5.92 Å². The lowest BCUT2D eigenvalue weighted by Gasteiger charge is -2.33. The van der Waals surface area contributed by atoms with Crippen molar-refractivity contribution in [2.45, 2.75) is 39.8 Å². The second kappa shape index (κ2) is 12.9. The number of benzene rings is 2. The molecule has 1 atom stereocenters. The van der Waals surface area contributed by atoms with Gasteiger partial charge in [0.2, 0.25) is 21.8 Å². The fourth-order valence-electron chi connectivity index (χ4n) is 3.44. The Balaban J connectivity index is 2.48. The van der Waals surface area contributed by atoms with Crippen LogP contribution in [-0.2, 0) is 26.2 Å². The van der Waals surface area contributed by atoms with Gasteiger partial charge in [0, 0.05) is 33.2 Å². The van der Waals surface area contributed by atoms with E-state index < -0.39 is 28.5 Å². The maximum Gasteiger partial charge on any atom is 0.244 e. The van der Waals surface area contributed by atoms with Crippen LogP contribution in [0.5, 0.6) is 0 Å². The summed E-state index contributed by atoms with van der Waals surface area (Å²) in [4.78, 5) is 28.1. The third-order valence-electron chi connectivity index (χ3n) is 5.24. The SMILES string of the molecule is CC[C@@H](C(=O)NCC(C)C)N(Cc1c(Cl)cccc1Cl)C(=O)CN(c1cccc(Br)c1)S(C)(=O)=O. The molecule has 2 aromatic carbocycles. The summed E-state index contributed by atoms with van der Waals surface area (Å²) >= 11 is 16.1. The van der Waals surface area contributed by atoms with Crippen LogP contribution in [-0.4, -0.2) is 50.5 Å². The number of sulfonamides is 1. The van der Waals surface area contributed by atoms with Gasteiger partial charge in [0.15, 0.2) is 0 Å². The molecule has 0 bridgehead atoms. The van der Waals surface area contributed by atoms with Crippen molar-refractivity contribution in [3.63, 3.8) is 0 Å². The summed E-state index contributed by atoms with van der Waals surface area (Å²) in [7, 11) is -3.81. The summed E-state index contributed by atoms with van der Waals surface area (Å²) in [6, 6.07) is 10.8. The highest BCUT2D eigenvalue weighted by molar-refractivity contribution is 9.10. The van der Waals surface area contributed by atoms with E-state index >= 15 is 0 Å². The zero-order valence-corrected chi connectivity index (χ0v) is 24.0. The van der Waals surface area contributed by atoms with Gasteiger partial charge >= 0.3 is 0 Å². The van der Waals surface area contributed by atoms with E-state index in [-0.39, 0.29) is 18.4 Å². The molecule has 2 rings (SSSR count). The van der Waals surface area contributed by atoms with Crippen LogP contribution in [0, 0.1) is 5.92 Å². The number of rotatable bonds is 11. The van der Waals surface area contributed by atoms with Gasteiger partial charge < -0.3 is 10.2 Å². The summed E-state index contributed by atoms with van der Waals surface area (Å²) in [5.41, 5.74) is 0.802. The molecule has 2 aromatic rings. The van der Waals surface area contributed by atoms with Gasteiger partial charge in [-0.05, 0) is 42.7 Å². The van der Waals surface area contributed by atoms with Crippen LogP contribution in [0.15, 0.2) is 46.9 Å². The molecule has 0 heterocycles. The highest BCUT2D eigenvalue weighted by Gasteiger charge is 2.32. The van der Waals surface area contributed by atoms with Gasteiger partial charge in [0.1, 0.15) is 12.6 Å². The highest BCUT2D eigenvalue weighted by atomic mass is 79.9. The predicted molar refractivity (Wildman–Crippen MR) is 145 cm³/mol. The second-order valence-electron chi connectivity index (χ2n) is 8.53. The molecule has 0 fully saturated rings. The Morgan fingerprint density at radius 2 is 1.69 bits per heavy atom. The molecule has 11 heteroatoms. The van der Waals surface area contributed by atoms with Crippen LogP contribution in [0.25, 0.3) is 0 Å². The Bertz CT molecular complexity index is 1140. The molecule has 0 saturated heterocycles. The fourth-order valence-corrected chi connectivity index (χ4v) is 5.19. The van der Waals surface area contributed by atoms with Crippen LogP contribution >= 0.6 is 39.1 Å². The van der Waals surface area contributed by atoms with E-state index in [1.165, 1.54) is 4.90 Å². The van der Waals surface area contributed by atoms with Crippen molar-refractivity contribution in [1.82, 2.24) is 10.2 Å². The van der Waals surface area contributed by atoms with Crippen molar-refractivity contribution < 1.29 is 18.0 Å². The van der Waals surface area contributed by atoms with Crippen LogP contribution in [0.3, 0.4) is 0 Å². The zero-order chi connectivity index (χ0) is 26.3. The maximum absolute atomic E-state index is 13.7. The van der Waals surface area contributed by atoms with Gasteiger partial charge in [0.05, 0.1) is 11.9 Å². The van der Waals surface area contributed by atoms with Gasteiger partial charge in [-0.25, -0.2) is 8.42 Å². The van der Waals surface area contributed by atoms with Crippen molar-refractivity contribution in [3.05, 3.63) is 62.5 Å². The number of carbonyl (C=O) groups is 2. The largest absolute Gasteiger partial charge is 0.354 e. The molecule has 7 nitrogen and oxygen atoms in total. The van der Waals surface area contributed by atoms with Gasteiger partial charge in [-0.15, -0.1) is 0 Å². The number of nitrogens with one attached hydrogen (secondary N) is 1. The molecule has 2 amide bonds. The number of hydrogen-bond donors (Lipinski definition) is 1. The molecule has 0 radical (unpaired) electrons. The van der Waals surface area contributed by atoms with Gasteiger partial charge in [-0.3, -0.25) is 13.9 Å². The molecule has 35 heavy (non-hydrogen) atoms. The zero-order valence-electron chi connectivity index (χ0n) is 20.1. The lowest BCUT2D eigenvalue weighted by atomic mass is 10.1. The van der Waals surface area contributed by atoms with Crippen molar-refractivity contribution in [1.29, 1.82) is 0 Å². The van der Waals surface area contributed by atoms with Gasteiger partial charge in [-0.2, -0.15) is 0 Å². The minimum absolute atomic E-state index is 0.0545. The molecule has 1 N–H and O–H groups in total. The number of amides is 2. The molecule has 0 aromatic heterocycles. The average Bonchev–Trinajstić information content (AvgIpc) is 2.76. The Labute approximate surface area is 225 Å². The first kappa shape index (κ1) is 29.4. The van der Waals surface area contributed by atoms with E-state index in [2.05, 4.69) is 21.2 Å². The summed E-state index contributed by atoms with van der Waals surface area (Å²) in [6.07, 6.45) is 1.34. The van der Waals surface area contributed by atoms with Crippen LogP contribution in [0.1, 0.15) is 32.8 Å². The molecule has 0 aliphatic heterocycles. The van der Waals surface area contributed by atoms with Crippen molar-refractivity contribution in [2.75, 3.05) is 23.7 Å². The standard InChI is InChI=1S/C24H30BrCl2N3O4S/c1-5-22(24(32)28-13-16(2)3)29(14-19-20(26)10-7-11-21(19)27)23(31)15-30(35(4,33)34)18-9-6-8-17(25)12-18/h6-12,16,22H,5,13-15H2,1-4H3,(H,28,32)/t22-/m0/s1. The Kier molecular flexibility index (Phi) is 10.9. The van der Waals surface area contributed by atoms with Crippen molar-refractivity contribution >= 4 is 66.7 Å². The van der Waals surface area contributed by atoms with E-state index in [1.54, 1.807) is 49.4 Å². The smallest absolute Gasteiger partial charge is 0.244 e. The van der Waals surface area contributed by atoms with Crippen LogP contribution < -0.4 is 9.62 Å². The lowest BCUT2D eigenvalue weighted by Crippen LogP contribution is -2.52. The quantitative estimate of drug-likeness (QED) is 0.385. The summed E-state index contributed by atoms with van der Waals surface area (Å²) in [6.45, 7) is 5.62. The van der Waals surface area contributed by atoms with Gasteiger partial charge in [-0.1, -0.05) is 72.0 Å². The molecular weight excluding hydrogens is 577 g/mol. The number of anilines is 1. The summed E-state index contributed by atoms with van der Waals surface area (Å²) in [5, 5.41) is 3.56. The first-order valence-electron chi connectivity index (χ1n) is 11.1.